The van der Waals surface area contributed by atoms with Crippen LogP contribution in [0.2, 0.25) is 0 Å². The van der Waals surface area contributed by atoms with E-state index in [1.807, 2.05) is 49.6 Å². The van der Waals surface area contributed by atoms with E-state index in [0.717, 1.165) is 48.0 Å². The number of carbonyl (C=O) groups excluding carboxylic acids is 1. The number of amides is 1. The van der Waals surface area contributed by atoms with Gasteiger partial charge in [0.15, 0.2) is 0 Å². The van der Waals surface area contributed by atoms with Crippen LogP contribution < -0.4 is 10.2 Å². The van der Waals surface area contributed by atoms with Gasteiger partial charge in [0.2, 0.25) is 5.95 Å². The Morgan fingerprint density at radius 3 is 2.57 bits per heavy atom. The van der Waals surface area contributed by atoms with Crippen molar-refractivity contribution in [3.63, 3.8) is 0 Å². The normalized spacial score (nSPS) is 16.1. The van der Waals surface area contributed by atoms with E-state index in [0.29, 0.717) is 11.6 Å². The van der Waals surface area contributed by atoms with E-state index in [1.165, 1.54) is 25.7 Å². The Hall–Kier alpha value is -3.15. The molecular weight excluding hydrogens is 374 g/mol. The first kappa shape index (κ1) is 18.9. The number of aromatic nitrogens is 3. The fourth-order valence-electron chi connectivity index (χ4n) is 4.06. The minimum Gasteiger partial charge on any atom is -0.343 e. The van der Waals surface area contributed by atoms with Gasteiger partial charge < -0.3 is 14.8 Å². The van der Waals surface area contributed by atoms with Crippen LogP contribution in [-0.4, -0.2) is 33.5 Å². The fraction of sp³-hybridized carbons (Fsp3) is 0.375. The van der Waals surface area contributed by atoms with Gasteiger partial charge in [0.1, 0.15) is 5.69 Å². The van der Waals surface area contributed by atoms with E-state index in [2.05, 4.69) is 30.9 Å². The Morgan fingerprint density at radius 1 is 1.10 bits per heavy atom. The summed E-state index contributed by atoms with van der Waals surface area (Å²) in [6.45, 7) is 4.96. The van der Waals surface area contributed by atoms with Crippen molar-refractivity contribution in [3.8, 4) is 11.1 Å². The average molecular weight is 402 g/mol. The van der Waals surface area contributed by atoms with E-state index in [-0.39, 0.29) is 5.91 Å². The highest BCUT2D eigenvalue weighted by Gasteiger charge is 2.25. The van der Waals surface area contributed by atoms with Crippen LogP contribution in [0.4, 0.5) is 11.6 Å². The lowest BCUT2D eigenvalue weighted by Gasteiger charge is -2.14. The number of hydrogen-bond donors (Lipinski definition) is 1. The van der Waals surface area contributed by atoms with Crippen molar-refractivity contribution >= 4 is 17.5 Å². The number of hydrogen-bond acceptors (Lipinski definition) is 4. The Labute approximate surface area is 177 Å². The zero-order valence-electron chi connectivity index (χ0n) is 17.3. The smallest absolute Gasteiger partial charge is 0.272 e. The number of aryl methyl sites for hydroxylation is 1. The standard InChI is InChI=1S/C24H27N5O/c1-17-5-4-6-21(11-17)27-23(30)22-12-19(16-29(22)15-18-7-8-18)20-13-25-24(26-14-20)28-9-2-3-10-28/h4-6,11-14,16,18H,2-3,7-10,15H2,1H3,(H,27,30). The molecule has 1 aromatic carbocycles. The van der Waals surface area contributed by atoms with Crippen molar-refractivity contribution in [3.05, 3.63) is 60.2 Å². The number of benzene rings is 1. The van der Waals surface area contributed by atoms with Crippen LogP contribution in [0.5, 0.6) is 0 Å². The van der Waals surface area contributed by atoms with Crippen molar-refractivity contribution in [1.29, 1.82) is 0 Å². The Bertz CT molecular complexity index is 1050. The molecule has 0 atom stereocenters. The van der Waals surface area contributed by atoms with Crippen LogP contribution in [0.1, 0.15) is 41.7 Å². The van der Waals surface area contributed by atoms with Gasteiger partial charge in [-0.3, -0.25) is 4.79 Å². The second-order valence-electron chi connectivity index (χ2n) is 8.50. The molecule has 6 nitrogen and oxygen atoms in total. The average Bonchev–Trinajstić information content (AvgIpc) is 3.23. The monoisotopic (exact) mass is 401 g/mol. The summed E-state index contributed by atoms with van der Waals surface area (Å²) >= 11 is 0. The first-order valence-electron chi connectivity index (χ1n) is 10.8. The second kappa shape index (κ2) is 7.94. The molecule has 2 aliphatic rings. The number of carbonyl (C=O) groups is 1. The quantitative estimate of drug-likeness (QED) is 0.660. The van der Waals surface area contributed by atoms with Crippen LogP contribution in [0, 0.1) is 12.8 Å². The summed E-state index contributed by atoms with van der Waals surface area (Å²) in [6, 6.07) is 9.85. The lowest BCUT2D eigenvalue weighted by Crippen LogP contribution is -2.20. The minimum absolute atomic E-state index is 0.0814. The van der Waals surface area contributed by atoms with E-state index in [1.54, 1.807) is 0 Å². The molecule has 1 saturated heterocycles. The molecule has 5 rings (SSSR count). The maximum atomic E-state index is 13.1. The van der Waals surface area contributed by atoms with Gasteiger partial charge in [-0.25, -0.2) is 9.97 Å². The predicted molar refractivity (Wildman–Crippen MR) is 119 cm³/mol. The van der Waals surface area contributed by atoms with Gasteiger partial charge in [0.05, 0.1) is 0 Å². The molecule has 0 spiro atoms. The molecule has 2 aromatic heterocycles. The van der Waals surface area contributed by atoms with Crippen molar-refractivity contribution < 1.29 is 4.79 Å². The van der Waals surface area contributed by atoms with Crippen LogP contribution in [0.15, 0.2) is 48.9 Å². The molecule has 0 unspecified atom stereocenters. The molecule has 1 aliphatic carbocycles. The minimum atomic E-state index is -0.0814. The van der Waals surface area contributed by atoms with Gasteiger partial charge in [-0.1, -0.05) is 12.1 Å². The first-order chi connectivity index (χ1) is 14.7. The fourth-order valence-corrected chi connectivity index (χ4v) is 4.06. The Balaban J connectivity index is 1.40. The number of rotatable bonds is 6. The van der Waals surface area contributed by atoms with E-state index in [4.69, 9.17) is 0 Å². The third-order valence-corrected chi connectivity index (χ3v) is 5.92. The van der Waals surface area contributed by atoms with Gasteiger partial charge >= 0.3 is 0 Å². The summed E-state index contributed by atoms with van der Waals surface area (Å²) in [4.78, 5) is 24.4. The highest BCUT2D eigenvalue weighted by Crippen LogP contribution is 2.33. The van der Waals surface area contributed by atoms with Crippen LogP contribution in [0.25, 0.3) is 11.1 Å². The molecule has 1 N–H and O–H groups in total. The van der Waals surface area contributed by atoms with Crippen LogP contribution in [0.3, 0.4) is 0 Å². The zero-order chi connectivity index (χ0) is 20.5. The number of nitrogens with one attached hydrogen (secondary N) is 1. The molecule has 0 bridgehead atoms. The molecule has 3 aromatic rings. The first-order valence-corrected chi connectivity index (χ1v) is 10.8. The largest absolute Gasteiger partial charge is 0.343 e. The topological polar surface area (TPSA) is 63.1 Å². The second-order valence-corrected chi connectivity index (χ2v) is 8.50. The maximum Gasteiger partial charge on any atom is 0.272 e. The van der Waals surface area contributed by atoms with Gasteiger partial charge in [-0.2, -0.15) is 0 Å². The molecule has 2 fully saturated rings. The summed E-state index contributed by atoms with van der Waals surface area (Å²) in [7, 11) is 0. The predicted octanol–water partition coefficient (Wildman–Crippen LogP) is 4.52. The number of anilines is 2. The van der Waals surface area contributed by atoms with E-state index < -0.39 is 0 Å². The third-order valence-electron chi connectivity index (χ3n) is 5.92. The highest BCUT2D eigenvalue weighted by atomic mass is 16.1. The molecule has 1 saturated carbocycles. The van der Waals surface area contributed by atoms with Crippen molar-refractivity contribution in [1.82, 2.24) is 14.5 Å². The molecule has 6 heteroatoms. The lowest BCUT2D eigenvalue weighted by atomic mass is 10.2. The SMILES string of the molecule is Cc1cccc(NC(=O)c2cc(-c3cnc(N4CCCC4)nc3)cn2CC2CC2)c1. The lowest BCUT2D eigenvalue weighted by molar-refractivity contribution is 0.101. The van der Waals surface area contributed by atoms with Crippen LogP contribution >= 0.6 is 0 Å². The third kappa shape index (κ3) is 4.08. The molecule has 1 amide bonds. The summed E-state index contributed by atoms with van der Waals surface area (Å²) in [5.41, 5.74) is 4.55. The summed E-state index contributed by atoms with van der Waals surface area (Å²) < 4.78 is 2.09. The maximum absolute atomic E-state index is 13.1. The van der Waals surface area contributed by atoms with Gasteiger partial charge in [0.25, 0.3) is 5.91 Å². The van der Waals surface area contributed by atoms with Gasteiger partial charge in [-0.15, -0.1) is 0 Å². The van der Waals surface area contributed by atoms with E-state index in [9.17, 15) is 4.79 Å². The molecule has 30 heavy (non-hydrogen) atoms. The molecular formula is C24H27N5O. The highest BCUT2D eigenvalue weighted by molar-refractivity contribution is 6.04. The van der Waals surface area contributed by atoms with Crippen molar-refractivity contribution in [2.45, 2.75) is 39.2 Å². The zero-order valence-corrected chi connectivity index (χ0v) is 17.3. The van der Waals surface area contributed by atoms with Crippen molar-refractivity contribution in [2.24, 2.45) is 5.92 Å². The summed E-state index contributed by atoms with van der Waals surface area (Å²) in [6.07, 6.45) is 10.7. The van der Waals surface area contributed by atoms with Gasteiger partial charge in [0, 0.05) is 55.0 Å². The summed E-state index contributed by atoms with van der Waals surface area (Å²) in [5.74, 6) is 1.39. The van der Waals surface area contributed by atoms with Crippen molar-refractivity contribution in [2.75, 3.05) is 23.3 Å². The summed E-state index contributed by atoms with van der Waals surface area (Å²) in [5, 5.41) is 3.05. The molecule has 0 radical (unpaired) electrons. The molecule has 3 heterocycles. The Morgan fingerprint density at radius 2 is 1.87 bits per heavy atom. The molecule has 154 valence electrons. The number of nitrogens with zero attached hydrogens (tertiary/aromatic N) is 4. The van der Waals surface area contributed by atoms with E-state index >= 15 is 0 Å². The van der Waals surface area contributed by atoms with Gasteiger partial charge in [-0.05, 0) is 62.3 Å². The molecule has 1 aliphatic heterocycles. The van der Waals surface area contributed by atoms with Crippen LogP contribution in [-0.2, 0) is 6.54 Å². The Kier molecular flexibility index (Phi) is 4.99.